The van der Waals surface area contributed by atoms with E-state index in [-0.39, 0.29) is 11.9 Å². The molecule has 1 atom stereocenters. The number of hydrogen-bond donors (Lipinski definition) is 2. The SMILES string of the molecule is Cn1c(CNC2CCNC(=O)CC2)nc2cc(C(F)(F)F)ccc21. The second-order valence-electron chi connectivity index (χ2n) is 6.04. The van der Waals surface area contributed by atoms with Gasteiger partial charge in [-0.3, -0.25) is 4.79 Å². The first-order valence-electron chi connectivity index (χ1n) is 7.87. The van der Waals surface area contributed by atoms with Gasteiger partial charge in [0.25, 0.3) is 0 Å². The molecule has 2 heterocycles. The van der Waals surface area contributed by atoms with Gasteiger partial charge >= 0.3 is 6.18 Å². The lowest BCUT2D eigenvalue weighted by atomic mass is 10.1. The number of benzene rings is 1. The van der Waals surface area contributed by atoms with Gasteiger partial charge in [0, 0.05) is 26.1 Å². The first-order valence-corrected chi connectivity index (χ1v) is 7.87. The summed E-state index contributed by atoms with van der Waals surface area (Å²) in [4.78, 5) is 15.7. The van der Waals surface area contributed by atoms with E-state index in [0.717, 1.165) is 25.0 Å². The van der Waals surface area contributed by atoms with Crippen LogP contribution in [0.5, 0.6) is 0 Å². The summed E-state index contributed by atoms with van der Waals surface area (Å²) in [6.07, 6.45) is -2.32. The molecule has 1 aliphatic heterocycles. The highest BCUT2D eigenvalue weighted by molar-refractivity contribution is 5.77. The van der Waals surface area contributed by atoms with Crippen molar-refractivity contribution in [2.75, 3.05) is 6.54 Å². The molecular formula is C16H19F3N4O. The molecule has 0 spiro atoms. The van der Waals surface area contributed by atoms with Crippen LogP contribution in [0.4, 0.5) is 13.2 Å². The van der Waals surface area contributed by atoms with Gasteiger partial charge in [0.2, 0.25) is 5.91 Å². The summed E-state index contributed by atoms with van der Waals surface area (Å²) in [5, 5.41) is 6.17. The Morgan fingerprint density at radius 3 is 2.92 bits per heavy atom. The van der Waals surface area contributed by atoms with Crippen molar-refractivity contribution in [1.29, 1.82) is 0 Å². The van der Waals surface area contributed by atoms with Crippen LogP contribution in [-0.4, -0.2) is 28.0 Å². The minimum atomic E-state index is -4.37. The molecule has 24 heavy (non-hydrogen) atoms. The van der Waals surface area contributed by atoms with Crippen LogP contribution in [0.1, 0.15) is 30.7 Å². The Labute approximate surface area is 137 Å². The maximum Gasteiger partial charge on any atom is 0.416 e. The molecule has 1 amide bonds. The van der Waals surface area contributed by atoms with Crippen LogP contribution < -0.4 is 10.6 Å². The fourth-order valence-electron chi connectivity index (χ4n) is 2.95. The molecule has 0 aliphatic carbocycles. The van der Waals surface area contributed by atoms with Crippen molar-refractivity contribution in [3.05, 3.63) is 29.6 Å². The van der Waals surface area contributed by atoms with E-state index < -0.39 is 11.7 Å². The number of nitrogens with zero attached hydrogens (tertiary/aromatic N) is 2. The van der Waals surface area contributed by atoms with Crippen molar-refractivity contribution >= 4 is 16.9 Å². The lowest BCUT2D eigenvalue weighted by Crippen LogP contribution is -2.30. The smallest absolute Gasteiger partial charge is 0.356 e. The largest absolute Gasteiger partial charge is 0.416 e. The number of imidazole rings is 1. The number of carbonyl (C=O) groups is 1. The molecule has 0 radical (unpaired) electrons. The fraction of sp³-hybridized carbons (Fsp3) is 0.500. The van der Waals surface area contributed by atoms with Crippen LogP contribution in [0.3, 0.4) is 0 Å². The van der Waals surface area contributed by atoms with Crippen molar-refractivity contribution in [3.8, 4) is 0 Å². The van der Waals surface area contributed by atoms with Crippen molar-refractivity contribution in [2.45, 2.75) is 38.0 Å². The first-order chi connectivity index (χ1) is 11.3. The molecule has 0 saturated carbocycles. The third kappa shape index (κ3) is 3.53. The molecule has 2 aromatic rings. The molecule has 1 saturated heterocycles. The van der Waals surface area contributed by atoms with E-state index in [1.54, 1.807) is 11.6 Å². The van der Waals surface area contributed by atoms with Gasteiger partial charge in [-0.2, -0.15) is 13.2 Å². The zero-order valence-electron chi connectivity index (χ0n) is 13.3. The number of aromatic nitrogens is 2. The topological polar surface area (TPSA) is 59.0 Å². The number of alkyl halides is 3. The number of rotatable bonds is 3. The molecule has 130 valence electrons. The molecule has 1 aliphatic rings. The van der Waals surface area contributed by atoms with Crippen molar-refractivity contribution in [3.63, 3.8) is 0 Å². The number of nitrogens with one attached hydrogen (secondary N) is 2. The van der Waals surface area contributed by atoms with Crippen molar-refractivity contribution in [2.24, 2.45) is 7.05 Å². The number of halogens is 3. The van der Waals surface area contributed by atoms with Gasteiger partial charge in [-0.15, -0.1) is 0 Å². The second-order valence-corrected chi connectivity index (χ2v) is 6.04. The number of fused-ring (bicyclic) bond motifs is 1. The lowest BCUT2D eigenvalue weighted by molar-refractivity contribution is -0.137. The highest BCUT2D eigenvalue weighted by Crippen LogP contribution is 2.31. The van der Waals surface area contributed by atoms with Crippen LogP contribution >= 0.6 is 0 Å². The maximum absolute atomic E-state index is 12.8. The normalized spacial score (nSPS) is 19.3. The van der Waals surface area contributed by atoms with Crippen molar-refractivity contribution < 1.29 is 18.0 Å². The van der Waals surface area contributed by atoms with Gasteiger partial charge in [-0.05, 0) is 31.0 Å². The number of carbonyl (C=O) groups excluding carboxylic acids is 1. The van der Waals surface area contributed by atoms with Crippen LogP contribution in [0.25, 0.3) is 11.0 Å². The average Bonchev–Trinajstić information content (AvgIpc) is 2.69. The lowest BCUT2D eigenvalue weighted by Gasteiger charge is -2.15. The molecule has 1 fully saturated rings. The summed E-state index contributed by atoms with van der Waals surface area (Å²) in [5.41, 5.74) is 0.306. The van der Waals surface area contributed by atoms with Crippen LogP contribution in [0.2, 0.25) is 0 Å². The summed E-state index contributed by atoms with van der Waals surface area (Å²) < 4.78 is 40.2. The van der Waals surface area contributed by atoms with E-state index >= 15 is 0 Å². The third-order valence-electron chi connectivity index (χ3n) is 4.38. The third-order valence-corrected chi connectivity index (χ3v) is 4.38. The summed E-state index contributed by atoms with van der Waals surface area (Å²) in [6, 6.07) is 3.79. The highest BCUT2D eigenvalue weighted by atomic mass is 19.4. The first kappa shape index (κ1) is 16.8. The summed E-state index contributed by atoms with van der Waals surface area (Å²) >= 11 is 0. The van der Waals surface area contributed by atoms with Crippen LogP contribution in [0, 0.1) is 0 Å². The zero-order chi connectivity index (χ0) is 17.3. The van der Waals surface area contributed by atoms with Gasteiger partial charge in [-0.1, -0.05) is 0 Å². The molecule has 5 nitrogen and oxygen atoms in total. The van der Waals surface area contributed by atoms with Crippen LogP contribution in [0.15, 0.2) is 18.2 Å². The van der Waals surface area contributed by atoms with Gasteiger partial charge in [0.1, 0.15) is 5.82 Å². The highest BCUT2D eigenvalue weighted by Gasteiger charge is 2.31. The predicted octanol–water partition coefficient (Wildman–Crippen LogP) is 2.35. The molecule has 1 aromatic carbocycles. The Hall–Kier alpha value is -2.09. The Balaban J connectivity index is 1.75. The van der Waals surface area contributed by atoms with E-state index in [1.165, 1.54) is 6.07 Å². The summed E-state index contributed by atoms with van der Waals surface area (Å²) in [5.74, 6) is 0.731. The molecule has 2 N–H and O–H groups in total. The molecule has 1 unspecified atom stereocenters. The molecular weight excluding hydrogens is 321 g/mol. The molecule has 0 bridgehead atoms. The van der Waals surface area contributed by atoms with Gasteiger partial charge in [0.05, 0.1) is 23.1 Å². The Kier molecular flexibility index (Phi) is 4.49. The molecule has 3 rings (SSSR count). The Morgan fingerprint density at radius 2 is 2.17 bits per heavy atom. The Morgan fingerprint density at radius 1 is 1.38 bits per heavy atom. The summed E-state index contributed by atoms with van der Waals surface area (Å²) in [6.45, 7) is 1.08. The number of amides is 1. The van der Waals surface area contributed by atoms with E-state index in [1.807, 2.05) is 0 Å². The number of hydrogen-bond acceptors (Lipinski definition) is 3. The second kappa shape index (κ2) is 6.43. The van der Waals surface area contributed by atoms with E-state index in [2.05, 4.69) is 15.6 Å². The van der Waals surface area contributed by atoms with E-state index in [0.29, 0.717) is 36.4 Å². The zero-order valence-corrected chi connectivity index (χ0v) is 13.3. The molecule has 8 heteroatoms. The fourth-order valence-corrected chi connectivity index (χ4v) is 2.95. The van der Waals surface area contributed by atoms with Gasteiger partial charge in [0.15, 0.2) is 0 Å². The van der Waals surface area contributed by atoms with E-state index in [4.69, 9.17) is 0 Å². The quantitative estimate of drug-likeness (QED) is 0.902. The van der Waals surface area contributed by atoms with Crippen LogP contribution in [-0.2, 0) is 24.6 Å². The van der Waals surface area contributed by atoms with Gasteiger partial charge < -0.3 is 15.2 Å². The minimum Gasteiger partial charge on any atom is -0.356 e. The Bertz CT molecular complexity index is 754. The minimum absolute atomic E-state index is 0.0571. The van der Waals surface area contributed by atoms with Crippen molar-refractivity contribution in [1.82, 2.24) is 20.2 Å². The average molecular weight is 340 g/mol. The summed E-state index contributed by atoms with van der Waals surface area (Å²) in [7, 11) is 1.79. The maximum atomic E-state index is 12.8. The van der Waals surface area contributed by atoms with E-state index in [9.17, 15) is 18.0 Å². The standard InChI is InChI=1S/C16H19F3N4O/c1-23-13-4-2-10(16(17,18)19)8-12(13)22-14(23)9-21-11-3-5-15(24)20-7-6-11/h2,4,8,11,21H,3,5-7,9H2,1H3,(H,20,24). The monoisotopic (exact) mass is 340 g/mol. The predicted molar refractivity (Wildman–Crippen MR) is 83.2 cm³/mol. The number of aryl methyl sites for hydroxylation is 1. The molecule has 1 aromatic heterocycles. The van der Waals surface area contributed by atoms with Gasteiger partial charge in [-0.25, -0.2) is 4.98 Å².